The zero-order valence-corrected chi connectivity index (χ0v) is 10.5. The monoisotopic (exact) mass is 256 g/mol. The van der Waals surface area contributed by atoms with Crippen molar-refractivity contribution in [2.75, 3.05) is 19.3 Å². The van der Waals surface area contributed by atoms with Gasteiger partial charge in [-0.05, 0) is 20.0 Å². The van der Waals surface area contributed by atoms with Gasteiger partial charge >= 0.3 is 0 Å². The minimum atomic E-state index is -3.06. The first kappa shape index (κ1) is 12.3. The number of rotatable bonds is 4. The fraction of sp³-hybridized carbons (Fsp3) is 0.600. The minimum absolute atomic E-state index is 0.00587. The van der Waals surface area contributed by atoms with E-state index in [0.717, 1.165) is 13.0 Å². The van der Waals surface area contributed by atoms with Crippen LogP contribution in [0.3, 0.4) is 0 Å². The average molecular weight is 256 g/mol. The molecule has 0 amide bonds. The molecule has 2 rings (SSSR count). The number of anilines is 1. The Labute approximate surface area is 101 Å². The van der Waals surface area contributed by atoms with Gasteiger partial charge in [0.2, 0.25) is 0 Å². The number of fused-ring (bicyclic) bond motifs is 1. The Bertz CT molecular complexity index is 527. The fourth-order valence-electron chi connectivity index (χ4n) is 1.89. The summed E-state index contributed by atoms with van der Waals surface area (Å²) in [5.41, 5.74) is 6.93. The van der Waals surface area contributed by atoms with Crippen LogP contribution in [0.4, 0.5) is 5.82 Å². The maximum atomic E-state index is 11.5. The molecule has 0 spiro atoms. The number of nitrogens with zero attached hydrogens (tertiary/aromatic N) is 2. The van der Waals surface area contributed by atoms with Crippen molar-refractivity contribution in [1.82, 2.24) is 15.3 Å². The molecule has 0 radical (unpaired) electrons. The third kappa shape index (κ3) is 2.73. The number of sulfone groups is 1. The molecule has 1 aliphatic rings. The van der Waals surface area contributed by atoms with Crippen LogP contribution < -0.4 is 11.1 Å². The Kier molecular flexibility index (Phi) is 3.30. The molecule has 1 aromatic rings. The first-order chi connectivity index (χ1) is 8.02. The summed E-state index contributed by atoms with van der Waals surface area (Å²) in [5, 5.41) is 3.04. The molecule has 94 valence electrons. The molecular formula is C10H16N4O2S. The summed E-state index contributed by atoms with van der Waals surface area (Å²) in [5.74, 6) is 0.920. The molecule has 17 heavy (non-hydrogen) atoms. The first-order valence-electron chi connectivity index (χ1n) is 5.51. The third-order valence-corrected chi connectivity index (χ3v) is 4.16. The Morgan fingerprint density at radius 2 is 2.12 bits per heavy atom. The van der Waals surface area contributed by atoms with Gasteiger partial charge in [0, 0.05) is 12.0 Å². The average Bonchev–Trinajstić information content (AvgIpc) is 2.54. The van der Waals surface area contributed by atoms with Crippen LogP contribution in [0.2, 0.25) is 0 Å². The van der Waals surface area contributed by atoms with Gasteiger partial charge in [-0.1, -0.05) is 0 Å². The number of nitrogen functional groups attached to an aromatic ring is 1. The maximum absolute atomic E-state index is 11.5. The highest BCUT2D eigenvalue weighted by atomic mass is 32.2. The third-order valence-electron chi connectivity index (χ3n) is 2.72. The van der Waals surface area contributed by atoms with Crippen LogP contribution >= 0.6 is 0 Å². The maximum Gasteiger partial charge on any atom is 0.160 e. The van der Waals surface area contributed by atoms with Gasteiger partial charge in [-0.2, -0.15) is 0 Å². The molecule has 0 saturated heterocycles. The lowest BCUT2D eigenvalue weighted by Gasteiger charge is -2.05. The van der Waals surface area contributed by atoms with Crippen molar-refractivity contribution in [1.29, 1.82) is 0 Å². The SMILES string of the molecule is CNCCCc1nc(N)c2c(n1)CS(=O)(=O)C2. The van der Waals surface area contributed by atoms with E-state index in [1.54, 1.807) is 0 Å². The molecule has 0 unspecified atom stereocenters. The molecule has 0 aromatic carbocycles. The number of nitrogens with two attached hydrogens (primary N) is 1. The summed E-state index contributed by atoms with van der Waals surface area (Å²) in [6.45, 7) is 0.874. The van der Waals surface area contributed by atoms with Crippen LogP contribution in [-0.4, -0.2) is 32.0 Å². The zero-order valence-electron chi connectivity index (χ0n) is 9.73. The van der Waals surface area contributed by atoms with Crippen molar-refractivity contribution in [3.8, 4) is 0 Å². The van der Waals surface area contributed by atoms with Gasteiger partial charge in [0.1, 0.15) is 11.6 Å². The van der Waals surface area contributed by atoms with Crippen molar-refractivity contribution < 1.29 is 8.42 Å². The quantitative estimate of drug-likeness (QED) is 0.714. The minimum Gasteiger partial charge on any atom is -0.383 e. The topological polar surface area (TPSA) is 98.0 Å². The standard InChI is InChI=1S/C10H16N4O2S/c1-12-4-2-3-9-13-8-6-17(15,16)5-7(8)10(11)14-9/h12H,2-6H2,1H3,(H2,11,13,14). The molecule has 0 fully saturated rings. The second-order valence-electron chi connectivity index (χ2n) is 4.19. The van der Waals surface area contributed by atoms with E-state index in [0.29, 0.717) is 29.3 Å². The summed E-state index contributed by atoms with van der Waals surface area (Å²) in [7, 11) is -1.19. The highest BCUT2D eigenvalue weighted by Crippen LogP contribution is 2.27. The first-order valence-corrected chi connectivity index (χ1v) is 7.33. The van der Waals surface area contributed by atoms with Crippen molar-refractivity contribution in [2.24, 2.45) is 0 Å². The van der Waals surface area contributed by atoms with Gasteiger partial charge in [-0.15, -0.1) is 0 Å². The number of aromatic nitrogens is 2. The van der Waals surface area contributed by atoms with Gasteiger partial charge in [0.25, 0.3) is 0 Å². The second kappa shape index (κ2) is 4.58. The molecule has 3 N–H and O–H groups in total. The molecule has 0 saturated carbocycles. The Morgan fingerprint density at radius 3 is 2.82 bits per heavy atom. The molecule has 0 bridgehead atoms. The van der Waals surface area contributed by atoms with Gasteiger partial charge in [0.05, 0.1) is 17.2 Å². The van der Waals surface area contributed by atoms with E-state index in [9.17, 15) is 8.42 Å². The van der Waals surface area contributed by atoms with Crippen LogP contribution in [-0.2, 0) is 27.8 Å². The van der Waals surface area contributed by atoms with Gasteiger partial charge < -0.3 is 11.1 Å². The van der Waals surface area contributed by atoms with Crippen LogP contribution in [0.25, 0.3) is 0 Å². The lowest BCUT2D eigenvalue weighted by Crippen LogP contribution is -2.11. The molecule has 0 atom stereocenters. The number of hydrogen-bond donors (Lipinski definition) is 2. The van der Waals surface area contributed by atoms with Crippen LogP contribution in [0, 0.1) is 0 Å². The van der Waals surface area contributed by atoms with Gasteiger partial charge in [-0.3, -0.25) is 0 Å². The summed E-state index contributed by atoms with van der Waals surface area (Å²) in [6.07, 6.45) is 1.61. The van der Waals surface area contributed by atoms with Crippen molar-refractivity contribution in [3.05, 3.63) is 17.1 Å². The summed E-state index contributed by atoms with van der Waals surface area (Å²) in [6, 6.07) is 0. The predicted molar refractivity (Wildman–Crippen MR) is 65.0 cm³/mol. The Morgan fingerprint density at radius 1 is 1.35 bits per heavy atom. The molecule has 6 nitrogen and oxygen atoms in total. The number of aryl methyl sites for hydroxylation is 1. The van der Waals surface area contributed by atoms with Gasteiger partial charge in [-0.25, -0.2) is 18.4 Å². The van der Waals surface area contributed by atoms with E-state index in [2.05, 4.69) is 15.3 Å². The Hall–Kier alpha value is -1.21. The predicted octanol–water partition coefficient (Wildman–Crippen LogP) is -0.361. The molecular weight excluding hydrogens is 240 g/mol. The van der Waals surface area contributed by atoms with Crippen molar-refractivity contribution >= 4 is 15.7 Å². The van der Waals surface area contributed by atoms with Crippen molar-refractivity contribution in [3.63, 3.8) is 0 Å². The summed E-state index contributed by atoms with van der Waals surface area (Å²) in [4.78, 5) is 8.44. The largest absolute Gasteiger partial charge is 0.383 e. The molecule has 7 heteroatoms. The highest BCUT2D eigenvalue weighted by molar-refractivity contribution is 7.90. The van der Waals surface area contributed by atoms with E-state index in [4.69, 9.17) is 5.73 Å². The Balaban J connectivity index is 2.22. The van der Waals surface area contributed by atoms with E-state index in [1.165, 1.54) is 0 Å². The highest BCUT2D eigenvalue weighted by Gasteiger charge is 2.29. The number of nitrogens with one attached hydrogen (secondary N) is 1. The van der Waals surface area contributed by atoms with Crippen LogP contribution in [0.5, 0.6) is 0 Å². The second-order valence-corrected chi connectivity index (χ2v) is 6.25. The van der Waals surface area contributed by atoms with Crippen molar-refractivity contribution in [2.45, 2.75) is 24.3 Å². The van der Waals surface area contributed by atoms with E-state index < -0.39 is 9.84 Å². The fourth-order valence-corrected chi connectivity index (χ4v) is 3.41. The lowest BCUT2D eigenvalue weighted by atomic mass is 10.2. The molecule has 0 aliphatic carbocycles. The summed E-state index contributed by atoms with van der Waals surface area (Å²) >= 11 is 0. The van der Waals surface area contributed by atoms with Crippen LogP contribution in [0.15, 0.2) is 0 Å². The van der Waals surface area contributed by atoms with E-state index in [-0.39, 0.29) is 11.5 Å². The molecule has 1 aromatic heterocycles. The molecule has 1 aliphatic heterocycles. The smallest absolute Gasteiger partial charge is 0.160 e. The molecule has 2 heterocycles. The van der Waals surface area contributed by atoms with E-state index in [1.807, 2.05) is 7.05 Å². The zero-order chi connectivity index (χ0) is 12.5. The lowest BCUT2D eigenvalue weighted by molar-refractivity contribution is 0.597. The van der Waals surface area contributed by atoms with Crippen LogP contribution in [0.1, 0.15) is 23.5 Å². The number of hydrogen-bond acceptors (Lipinski definition) is 6. The normalized spacial score (nSPS) is 17.0. The van der Waals surface area contributed by atoms with Gasteiger partial charge in [0.15, 0.2) is 9.84 Å². The summed E-state index contributed by atoms with van der Waals surface area (Å²) < 4.78 is 23.0. The van der Waals surface area contributed by atoms with E-state index >= 15 is 0 Å².